The lowest BCUT2D eigenvalue weighted by atomic mass is 9.40. The van der Waals surface area contributed by atoms with Crippen molar-refractivity contribution >= 4 is 126 Å². The van der Waals surface area contributed by atoms with Crippen molar-refractivity contribution in [1.82, 2.24) is 49.4 Å². The maximum absolute atomic E-state index is 6.78. The van der Waals surface area contributed by atoms with Gasteiger partial charge in [-0.2, -0.15) is 44.9 Å². The average molecular weight is 1680 g/mol. The lowest BCUT2D eigenvalue weighted by Gasteiger charge is -2.64. The third-order valence-corrected chi connectivity index (χ3v) is 31.6. The van der Waals surface area contributed by atoms with Gasteiger partial charge in [-0.25, -0.2) is 0 Å². The molecule has 18 heteroatoms. The van der Waals surface area contributed by atoms with Crippen LogP contribution in [-0.2, 0) is 29.1 Å². The van der Waals surface area contributed by atoms with Crippen molar-refractivity contribution in [2.45, 2.75) is 125 Å². The van der Waals surface area contributed by atoms with Crippen molar-refractivity contribution in [3.63, 3.8) is 0 Å². The Hall–Kier alpha value is -9.63. The molecule has 0 N–H and O–H groups in total. The largest absolute Gasteiger partial charge is 0.278 e. The number of nitrogens with zero attached hydrogens (tertiary/aromatic N) is 12. The normalized spacial score (nSPS) is 25.3. The highest BCUT2D eigenvalue weighted by Crippen LogP contribution is 2.72. The minimum atomic E-state index is 0.000000000000000444. The summed E-state index contributed by atoms with van der Waals surface area (Å²) in [5, 5.41) is 2.73. The molecule has 0 atom stereocenters. The molecule has 0 saturated heterocycles. The number of para-hydroxylation sites is 6. The first-order valence-electron chi connectivity index (χ1n) is 42.8. The molecule has 0 unspecified atom stereocenters. The fourth-order valence-corrected chi connectivity index (χ4v) is 28.6. The van der Waals surface area contributed by atoms with E-state index < -0.39 is 0 Å². The first kappa shape index (κ1) is 74.4. The molecule has 12 nitrogen and oxygen atoms in total. The van der Waals surface area contributed by atoms with Crippen molar-refractivity contribution in [3.8, 4) is 17.1 Å². The molecule has 16 aliphatic rings. The number of hydrogen-bond acceptors (Lipinski definition) is 11. The summed E-state index contributed by atoms with van der Waals surface area (Å²) in [5.41, 5.74) is 25.2. The molecular formula is C101H86Cl6N12. The highest BCUT2D eigenvalue weighted by Gasteiger charge is 2.65. The number of halogens is 6. The Bertz CT molecular complexity index is 5980. The minimum absolute atomic E-state index is 0.000000000000000444. The van der Waals surface area contributed by atoms with E-state index in [1.807, 2.05) is 0 Å². The van der Waals surface area contributed by atoms with Crippen molar-refractivity contribution in [3.05, 3.63) is 330 Å². The Labute approximate surface area is 723 Å². The van der Waals surface area contributed by atoms with Crippen molar-refractivity contribution < 1.29 is 0 Å². The van der Waals surface area contributed by atoms with E-state index in [0.717, 1.165) is 93.4 Å². The van der Waals surface area contributed by atoms with E-state index in [2.05, 4.69) is 287 Å². The number of rotatable bonds is 3. The monoisotopic (exact) mass is 1680 g/mol. The number of hydrogen-bond donors (Lipinski definition) is 0. The second kappa shape index (κ2) is 29.3. The molecule has 592 valence electrons. The van der Waals surface area contributed by atoms with Gasteiger partial charge >= 0.3 is 0 Å². The zero-order valence-electron chi connectivity index (χ0n) is 65.7. The Morgan fingerprint density at radius 3 is 0.824 bits per heavy atom. The molecule has 10 aromatic carbocycles. The first-order valence-corrected chi connectivity index (χ1v) is 45.1. The van der Waals surface area contributed by atoms with E-state index in [4.69, 9.17) is 84.6 Å². The number of anilines is 6. The van der Waals surface area contributed by atoms with Crippen LogP contribution in [-0.4, -0.2) is 49.4 Å². The van der Waals surface area contributed by atoms with Crippen LogP contribution in [0, 0.1) is 71.0 Å². The summed E-state index contributed by atoms with van der Waals surface area (Å²) in [6.07, 6.45) is 23.3. The lowest BCUT2D eigenvalue weighted by Crippen LogP contribution is -2.57. The van der Waals surface area contributed by atoms with Crippen LogP contribution < -0.4 is 9.80 Å². The van der Waals surface area contributed by atoms with Crippen LogP contribution in [0.25, 0.3) is 38.9 Å². The van der Waals surface area contributed by atoms with Gasteiger partial charge in [0.25, 0.3) is 0 Å². The van der Waals surface area contributed by atoms with Gasteiger partial charge in [-0.05, 0) is 353 Å². The fourth-order valence-electron chi connectivity index (χ4n) is 27.4. The highest BCUT2D eigenvalue weighted by atomic mass is 35.5. The maximum Gasteiger partial charge on any atom is 0.240 e. The molecule has 14 aromatic rings. The number of benzene rings is 10. The molecule has 3 spiro atoms. The van der Waals surface area contributed by atoms with E-state index in [1.54, 1.807) is 22.3 Å². The Morgan fingerprint density at radius 2 is 0.471 bits per heavy atom. The van der Waals surface area contributed by atoms with E-state index in [1.165, 1.54) is 152 Å². The summed E-state index contributed by atoms with van der Waals surface area (Å²) < 4.78 is 2.11. The zero-order chi connectivity index (χ0) is 79.6. The van der Waals surface area contributed by atoms with Crippen LogP contribution >= 0.6 is 69.6 Å². The van der Waals surface area contributed by atoms with Gasteiger partial charge < -0.3 is 0 Å². The molecular weight excluding hydrogens is 1590 g/mol. The van der Waals surface area contributed by atoms with Crippen LogP contribution in [0.3, 0.4) is 0 Å². The van der Waals surface area contributed by atoms with Gasteiger partial charge in [-0.3, -0.25) is 14.4 Å². The number of fused-ring (bicyclic) bond motifs is 12. The topological polar surface area (TPSA) is 127 Å². The quantitative estimate of drug-likeness (QED) is 0.168. The lowest BCUT2D eigenvalue weighted by molar-refractivity contribution is -0.0433. The molecule has 0 amide bonds. The minimum Gasteiger partial charge on any atom is -0.278 e. The summed E-state index contributed by atoms with van der Waals surface area (Å²) in [4.78, 5) is 42.4. The molecule has 12 saturated carbocycles. The molecule has 4 aromatic heterocycles. The maximum atomic E-state index is 6.78. The van der Waals surface area contributed by atoms with Crippen molar-refractivity contribution in [2.75, 3.05) is 9.80 Å². The van der Waals surface area contributed by atoms with Crippen molar-refractivity contribution in [2.24, 2.45) is 71.0 Å². The molecule has 12 fully saturated rings. The predicted octanol–water partition coefficient (Wildman–Crippen LogP) is 26.3. The Kier molecular flexibility index (Phi) is 18.3. The number of aromatic nitrogens is 10. The summed E-state index contributed by atoms with van der Waals surface area (Å²) in [7, 11) is 0. The molecule has 6 heterocycles. The highest BCUT2D eigenvalue weighted by molar-refractivity contribution is 6.33. The SMILES string of the molecule is Clc1nc(Cl)nc(Cl)n1.Clc1nc(Cl)nc(N2c3ccccc3C3(c4ccccc42)C2CC4CC(C2)CC3C4)n1.Clc1nc(N2c3ccccc3C3(c4ccccc42)C2CC4CC(C2)CC3C4)nc(-n2c3ccccc3c3ccccc32)n1.c1ccc2c(c1)Cc1ccccc1-2.c1ccc2c(c1)Cc1ccccc1C21C2CC3CC(C2)CC1C3. The van der Waals surface area contributed by atoms with Gasteiger partial charge in [-0.1, -0.05) is 206 Å². The molecule has 2 aliphatic heterocycles. The first-order chi connectivity index (χ1) is 58.3. The molecule has 0 radical (unpaired) electrons. The van der Waals surface area contributed by atoms with Gasteiger partial charge in [-0.15, -0.1) is 0 Å². The van der Waals surface area contributed by atoms with Crippen LogP contribution in [0.2, 0.25) is 31.7 Å². The fraction of sp³-hybridized carbons (Fsp3) is 0.317. The second-order valence-electron chi connectivity index (χ2n) is 36.1. The molecule has 30 rings (SSSR count). The van der Waals surface area contributed by atoms with Gasteiger partial charge in [0.1, 0.15) is 0 Å². The standard InChI is InChI=1S/C37H30ClN5.C25H22Cl2N4.C23H24.C13H10.C3Cl3N3/c38-34-39-35(42-30-13-5-1-9-26(30)27-10-2-6-14-31(27)42)41-36(40-34)43-32-15-7-3-11-28(32)37(29-12-4-8-16-33(29)43)24-18-22-17-23(20-24)21-25(37)19-22;26-22-28-23(27)30-24(29-22)31-20-7-3-1-5-18(20)25(19-6-2-4-8-21(19)31)16-10-14-9-15(12-16)13-17(25)11-14;1-3-7-21-17(5-1)14-18-6-2-4-8-22(18)23(21)19-10-15-9-16(12-19)13-20(23)11-15;1-3-7-12-10(5-1)9-11-6-2-4-8-13(11)12;4-1-7-2(5)9-3(6)8-1/h1-16,22-25H,17-21H2;1-8,14-17H,9-13H2;1-8,15-16,19-20H,9-14H2;1-8H,9H2;. The second-order valence-corrected chi connectivity index (χ2v) is 38.2. The predicted molar refractivity (Wildman–Crippen MR) is 477 cm³/mol. The Balaban J connectivity index is 0.0000000952. The van der Waals surface area contributed by atoms with Gasteiger partial charge in [0.2, 0.25) is 49.5 Å². The van der Waals surface area contributed by atoms with Crippen LogP contribution in [0.15, 0.2) is 243 Å². The summed E-state index contributed by atoms with van der Waals surface area (Å²) in [6.45, 7) is 0. The van der Waals surface area contributed by atoms with E-state index in [0.29, 0.717) is 46.9 Å². The van der Waals surface area contributed by atoms with E-state index in [9.17, 15) is 0 Å². The van der Waals surface area contributed by atoms with E-state index >= 15 is 0 Å². The van der Waals surface area contributed by atoms with Crippen LogP contribution in [0.1, 0.15) is 152 Å². The van der Waals surface area contributed by atoms with Gasteiger partial charge in [0, 0.05) is 27.0 Å². The molecule has 14 aliphatic carbocycles. The van der Waals surface area contributed by atoms with Gasteiger partial charge in [0.15, 0.2) is 0 Å². The zero-order valence-corrected chi connectivity index (χ0v) is 70.2. The van der Waals surface area contributed by atoms with Crippen LogP contribution in [0.4, 0.5) is 34.6 Å². The summed E-state index contributed by atoms with van der Waals surface area (Å²) in [6, 6.07) is 88.7. The van der Waals surface area contributed by atoms with Crippen LogP contribution in [0.5, 0.6) is 0 Å². The van der Waals surface area contributed by atoms with E-state index in [-0.39, 0.29) is 42.5 Å². The summed E-state index contributed by atoms with van der Waals surface area (Å²) >= 11 is 35.1. The Morgan fingerprint density at radius 1 is 0.227 bits per heavy atom. The average Bonchev–Trinajstić information content (AvgIpc) is 1.28. The van der Waals surface area contributed by atoms with Crippen molar-refractivity contribution in [1.29, 1.82) is 0 Å². The smallest absolute Gasteiger partial charge is 0.240 e. The summed E-state index contributed by atoms with van der Waals surface area (Å²) in [5.74, 6) is 11.7. The molecule has 119 heavy (non-hydrogen) atoms. The third-order valence-electron chi connectivity index (χ3n) is 30.5. The third kappa shape index (κ3) is 11.9. The molecule has 12 bridgehead atoms. The van der Waals surface area contributed by atoms with Gasteiger partial charge in [0.05, 0.1) is 33.8 Å².